The number of imide groups is 1. The summed E-state index contributed by atoms with van der Waals surface area (Å²) in [6.45, 7) is 6.64. The molecule has 1 aromatic rings. The topological polar surface area (TPSA) is 102 Å². The van der Waals surface area contributed by atoms with Gasteiger partial charge >= 0.3 is 0 Å². The first kappa shape index (κ1) is 22.3. The second-order valence-corrected chi connectivity index (χ2v) is 10.2. The highest BCUT2D eigenvalue weighted by Gasteiger charge is 2.46. The molecule has 1 aliphatic carbocycles. The highest BCUT2D eigenvalue weighted by Crippen LogP contribution is 2.53. The molecule has 178 valence electrons. The molecule has 4 aliphatic rings. The van der Waals surface area contributed by atoms with Crippen LogP contribution in [0.25, 0.3) is 0 Å². The van der Waals surface area contributed by atoms with Gasteiger partial charge in [0.15, 0.2) is 6.23 Å². The smallest absolute Gasteiger partial charge is 0.257 e. The molecule has 2 atom stereocenters. The second-order valence-electron chi connectivity index (χ2n) is 10.2. The highest BCUT2D eigenvalue weighted by molar-refractivity contribution is 6.06. The number of likely N-dealkylation sites (tertiary alicyclic amines) is 1. The molecule has 3 heterocycles. The first-order valence-electron chi connectivity index (χ1n) is 12.3. The molecule has 0 radical (unpaired) electrons. The quantitative estimate of drug-likeness (QED) is 0.570. The van der Waals surface area contributed by atoms with Crippen molar-refractivity contribution in [2.45, 2.75) is 64.1 Å². The molecule has 2 saturated heterocycles. The molecule has 0 bridgehead atoms. The largest absolute Gasteiger partial charge is 0.385 e. The number of amides is 3. The standard InChI is InChI=1S/C25H34N4O4/c1-2-28-12-9-25(10-13-28)14-16(15-25)8-11-26-18-5-3-4-17-21(18)24(33)29(23(17)32)19-6-7-20(30)27-22(19)31/h3-5,16,19,24,26,33H,2,6-15H2,1H3,(H,27,30,31). The maximum atomic E-state index is 13.0. The Kier molecular flexibility index (Phi) is 5.91. The summed E-state index contributed by atoms with van der Waals surface area (Å²) in [5.41, 5.74) is 2.26. The van der Waals surface area contributed by atoms with E-state index in [9.17, 15) is 19.5 Å². The predicted molar refractivity (Wildman–Crippen MR) is 123 cm³/mol. The summed E-state index contributed by atoms with van der Waals surface area (Å²) in [5, 5.41) is 16.7. The van der Waals surface area contributed by atoms with Crippen molar-refractivity contribution in [3.63, 3.8) is 0 Å². The van der Waals surface area contributed by atoms with E-state index in [-0.39, 0.29) is 24.7 Å². The van der Waals surface area contributed by atoms with E-state index in [1.165, 1.54) is 43.7 Å². The van der Waals surface area contributed by atoms with Crippen LogP contribution in [0.1, 0.15) is 74.0 Å². The molecule has 33 heavy (non-hydrogen) atoms. The Morgan fingerprint density at radius 3 is 2.64 bits per heavy atom. The number of piperidine rings is 2. The Labute approximate surface area is 194 Å². The van der Waals surface area contributed by atoms with Gasteiger partial charge in [-0.05, 0) is 81.6 Å². The summed E-state index contributed by atoms with van der Waals surface area (Å²) in [6, 6.07) is 4.54. The maximum absolute atomic E-state index is 13.0. The predicted octanol–water partition coefficient (Wildman–Crippen LogP) is 2.25. The van der Waals surface area contributed by atoms with E-state index in [4.69, 9.17) is 0 Å². The first-order chi connectivity index (χ1) is 15.9. The van der Waals surface area contributed by atoms with Crippen molar-refractivity contribution in [1.29, 1.82) is 0 Å². The molecule has 1 spiro atoms. The number of nitrogens with zero attached hydrogens (tertiary/aromatic N) is 2. The molecule has 0 aromatic heterocycles. The molecule has 8 heteroatoms. The van der Waals surface area contributed by atoms with Crippen LogP contribution in [0, 0.1) is 11.3 Å². The number of benzene rings is 1. The van der Waals surface area contributed by atoms with Crippen molar-refractivity contribution in [1.82, 2.24) is 15.1 Å². The van der Waals surface area contributed by atoms with Gasteiger partial charge in [0.25, 0.3) is 5.91 Å². The zero-order valence-electron chi connectivity index (χ0n) is 19.3. The van der Waals surface area contributed by atoms with Gasteiger partial charge in [-0.15, -0.1) is 0 Å². The molecule has 5 rings (SSSR count). The van der Waals surface area contributed by atoms with Crippen molar-refractivity contribution in [3.05, 3.63) is 29.3 Å². The number of hydrogen-bond donors (Lipinski definition) is 3. The van der Waals surface area contributed by atoms with E-state index in [0.29, 0.717) is 16.5 Å². The number of nitrogens with one attached hydrogen (secondary N) is 2. The van der Waals surface area contributed by atoms with Crippen LogP contribution in [-0.2, 0) is 9.59 Å². The van der Waals surface area contributed by atoms with Gasteiger partial charge in [-0.2, -0.15) is 0 Å². The third kappa shape index (κ3) is 4.04. The van der Waals surface area contributed by atoms with E-state index in [1.54, 1.807) is 12.1 Å². The highest BCUT2D eigenvalue weighted by atomic mass is 16.3. The fraction of sp³-hybridized carbons (Fsp3) is 0.640. The van der Waals surface area contributed by atoms with Gasteiger partial charge in [0.05, 0.1) is 0 Å². The molecular weight excluding hydrogens is 420 g/mol. The average Bonchev–Trinajstić information content (AvgIpc) is 3.04. The number of carbonyl (C=O) groups is 3. The minimum absolute atomic E-state index is 0.160. The SMILES string of the molecule is CCN1CCC2(CC1)CC(CCNc1cccc3c1C(O)N(C1CCC(=O)NC1=O)C3=O)C2. The Morgan fingerprint density at radius 1 is 1.18 bits per heavy atom. The summed E-state index contributed by atoms with van der Waals surface area (Å²) in [6.07, 6.45) is 5.52. The number of fused-ring (bicyclic) bond motifs is 1. The van der Waals surface area contributed by atoms with Gasteiger partial charge in [-0.25, -0.2) is 0 Å². The lowest BCUT2D eigenvalue weighted by Gasteiger charge is -2.52. The lowest BCUT2D eigenvalue weighted by atomic mass is 9.57. The van der Waals surface area contributed by atoms with Crippen molar-refractivity contribution >= 4 is 23.4 Å². The number of hydrogen-bond acceptors (Lipinski definition) is 6. The van der Waals surface area contributed by atoms with Crippen LogP contribution in [-0.4, -0.2) is 64.8 Å². The van der Waals surface area contributed by atoms with Crippen molar-refractivity contribution in [3.8, 4) is 0 Å². The fourth-order valence-corrected chi connectivity index (χ4v) is 6.36. The van der Waals surface area contributed by atoms with Crippen LogP contribution in [0.5, 0.6) is 0 Å². The van der Waals surface area contributed by atoms with E-state index in [0.717, 1.165) is 31.1 Å². The Morgan fingerprint density at radius 2 is 1.94 bits per heavy atom. The molecule has 3 fully saturated rings. The summed E-state index contributed by atoms with van der Waals surface area (Å²) < 4.78 is 0. The molecule has 3 aliphatic heterocycles. The third-order valence-corrected chi connectivity index (χ3v) is 8.31. The number of aliphatic hydroxyl groups is 1. The monoisotopic (exact) mass is 454 g/mol. The van der Waals surface area contributed by atoms with E-state index in [1.807, 2.05) is 6.07 Å². The van der Waals surface area contributed by atoms with Crippen LogP contribution in [0.15, 0.2) is 18.2 Å². The molecule has 1 saturated carbocycles. The lowest BCUT2D eigenvalue weighted by Crippen LogP contribution is -2.53. The zero-order chi connectivity index (χ0) is 23.2. The Hall–Kier alpha value is -2.45. The second kappa shape index (κ2) is 8.72. The third-order valence-electron chi connectivity index (χ3n) is 8.31. The zero-order valence-corrected chi connectivity index (χ0v) is 19.3. The van der Waals surface area contributed by atoms with E-state index >= 15 is 0 Å². The molecule has 3 N–H and O–H groups in total. The van der Waals surface area contributed by atoms with Crippen LogP contribution in [0.4, 0.5) is 5.69 Å². The fourth-order valence-electron chi connectivity index (χ4n) is 6.36. The Balaban J connectivity index is 1.18. The number of aliphatic hydroxyl groups excluding tert-OH is 1. The van der Waals surface area contributed by atoms with Crippen molar-refractivity contribution < 1.29 is 19.5 Å². The first-order valence-corrected chi connectivity index (χ1v) is 12.3. The minimum Gasteiger partial charge on any atom is -0.385 e. The summed E-state index contributed by atoms with van der Waals surface area (Å²) in [5.74, 6) is -0.500. The van der Waals surface area contributed by atoms with Crippen LogP contribution >= 0.6 is 0 Å². The van der Waals surface area contributed by atoms with Gasteiger partial charge < -0.3 is 15.3 Å². The Bertz CT molecular complexity index is 948. The summed E-state index contributed by atoms with van der Waals surface area (Å²) in [7, 11) is 0. The van der Waals surface area contributed by atoms with Gasteiger partial charge in [0.2, 0.25) is 11.8 Å². The number of rotatable bonds is 6. The lowest BCUT2D eigenvalue weighted by molar-refractivity contribution is -0.139. The summed E-state index contributed by atoms with van der Waals surface area (Å²) in [4.78, 5) is 40.6. The molecular formula is C25H34N4O4. The maximum Gasteiger partial charge on any atom is 0.257 e. The van der Waals surface area contributed by atoms with E-state index in [2.05, 4.69) is 22.5 Å². The van der Waals surface area contributed by atoms with E-state index < -0.39 is 18.2 Å². The normalized spacial score (nSPS) is 27.5. The van der Waals surface area contributed by atoms with Gasteiger partial charge in [0, 0.05) is 29.8 Å². The van der Waals surface area contributed by atoms with Crippen molar-refractivity contribution in [2.24, 2.45) is 11.3 Å². The number of anilines is 1. The minimum atomic E-state index is -1.20. The van der Waals surface area contributed by atoms with Gasteiger partial charge in [-0.1, -0.05) is 13.0 Å². The van der Waals surface area contributed by atoms with Crippen molar-refractivity contribution in [2.75, 3.05) is 31.5 Å². The molecule has 2 unspecified atom stereocenters. The van der Waals surface area contributed by atoms with Gasteiger partial charge in [-0.3, -0.25) is 24.6 Å². The molecule has 8 nitrogen and oxygen atoms in total. The number of carbonyl (C=O) groups excluding carboxylic acids is 3. The molecule has 1 aromatic carbocycles. The van der Waals surface area contributed by atoms with Crippen LogP contribution in [0.3, 0.4) is 0 Å². The average molecular weight is 455 g/mol. The van der Waals surface area contributed by atoms with Crippen LogP contribution < -0.4 is 10.6 Å². The summed E-state index contributed by atoms with van der Waals surface area (Å²) >= 11 is 0. The van der Waals surface area contributed by atoms with Crippen LogP contribution in [0.2, 0.25) is 0 Å². The molecule has 3 amide bonds. The van der Waals surface area contributed by atoms with Gasteiger partial charge in [0.1, 0.15) is 6.04 Å².